The van der Waals surface area contributed by atoms with E-state index in [1.807, 2.05) is 49.4 Å². The number of tetrazole rings is 1. The average Bonchev–Trinajstić information content (AvgIpc) is 3.20. The molecular weight excluding hydrogens is 386 g/mol. The minimum Gasteiger partial charge on any atom is -0.383 e. The number of nitrogens with zero attached hydrogens (tertiary/aromatic N) is 5. The molecule has 1 aromatic heterocycles. The van der Waals surface area contributed by atoms with Crippen molar-refractivity contribution in [2.75, 3.05) is 26.0 Å². The van der Waals surface area contributed by atoms with E-state index in [1.165, 1.54) is 17.3 Å². The van der Waals surface area contributed by atoms with Gasteiger partial charge < -0.3 is 9.64 Å². The number of hydrogen-bond acceptors (Lipinski definition) is 6. The maximum Gasteiger partial charge on any atom is 0.233 e. The summed E-state index contributed by atoms with van der Waals surface area (Å²) in [4.78, 5) is 14.7. The van der Waals surface area contributed by atoms with Crippen molar-refractivity contribution in [1.82, 2.24) is 25.1 Å². The van der Waals surface area contributed by atoms with Gasteiger partial charge in [-0.25, -0.2) is 0 Å². The Kier molecular flexibility index (Phi) is 7.37. The zero-order valence-electron chi connectivity index (χ0n) is 16.9. The lowest BCUT2D eigenvalue weighted by atomic mass is 10.1. The summed E-state index contributed by atoms with van der Waals surface area (Å²) in [7, 11) is 1.64. The molecule has 0 unspecified atom stereocenters. The van der Waals surface area contributed by atoms with Crippen LogP contribution in [-0.4, -0.2) is 57.0 Å². The van der Waals surface area contributed by atoms with Crippen LogP contribution in [0.5, 0.6) is 0 Å². The molecule has 0 aliphatic heterocycles. The van der Waals surface area contributed by atoms with E-state index in [1.54, 1.807) is 16.7 Å². The van der Waals surface area contributed by atoms with E-state index in [0.29, 0.717) is 24.9 Å². The van der Waals surface area contributed by atoms with Crippen molar-refractivity contribution in [2.24, 2.45) is 0 Å². The predicted octanol–water partition coefficient (Wildman–Crippen LogP) is 3.05. The second-order valence-electron chi connectivity index (χ2n) is 6.67. The number of aryl methyl sites for hydroxylation is 1. The molecule has 0 saturated carbocycles. The summed E-state index contributed by atoms with van der Waals surface area (Å²) >= 11 is 1.34. The van der Waals surface area contributed by atoms with Crippen LogP contribution in [0.1, 0.15) is 16.7 Å². The van der Waals surface area contributed by atoms with Crippen molar-refractivity contribution in [3.63, 3.8) is 0 Å². The SMILES string of the molecule is COCCN(Cc1ccccc1)C(=O)CSc1nnnn1-c1cccc(C)c1C. The lowest BCUT2D eigenvalue weighted by molar-refractivity contribution is -0.129. The molecule has 0 aliphatic rings. The molecule has 0 radical (unpaired) electrons. The van der Waals surface area contributed by atoms with Crippen molar-refractivity contribution >= 4 is 17.7 Å². The fraction of sp³-hybridized carbons (Fsp3) is 0.333. The Hall–Kier alpha value is -2.71. The molecule has 0 spiro atoms. The molecule has 0 fully saturated rings. The molecule has 0 bridgehead atoms. The summed E-state index contributed by atoms with van der Waals surface area (Å²) in [6.07, 6.45) is 0. The van der Waals surface area contributed by atoms with Crippen molar-refractivity contribution in [1.29, 1.82) is 0 Å². The quantitative estimate of drug-likeness (QED) is 0.504. The Balaban J connectivity index is 1.70. The maximum absolute atomic E-state index is 12.9. The molecule has 3 rings (SSSR count). The van der Waals surface area contributed by atoms with E-state index in [2.05, 4.69) is 28.5 Å². The summed E-state index contributed by atoms with van der Waals surface area (Å²) in [5.74, 6) is 0.272. The van der Waals surface area contributed by atoms with E-state index in [-0.39, 0.29) is 11.7 Å². The minimum absolute atomic E-state index is 0.0198. The number of rotatable bonds is 9. The summed E-state index contributed by atoms with van der Waals surface area (Å²) in [6.45, 7) is 5.66. The van der Waals surface area contributed by atoms with Gasteiger partial charge in [0.2, 0.25) is 11.1 Å². The Morgan fingerprint density at radius 3 is 2.69 bits per heavy atom. The monoisotopic (exact) mass is 411 g/mol. The topological polar surface area (TPSA) is 73.1 Å². The van der Waals surface area contributed by atoms with Gasteiger partial charge in [0.15, 0.2) is 0 Å². The van der Waals surface area contributed by atoms with Gasteiger partial charge in [-0.1, -0.05) is 54.2 Å². The standard InChI is InChI=1S/C21H25N5O2S/c1-16-8-7-11-19(17(16)2)26-21(22-23-24-26)29-15-20(27)25(12-13-28-3)14-18-9-5-4-6-10-18/h4-11H,12-15H2,1-3H3. The smallest absolute Gasteiger partial charge is 0.233 e. The number of ether oxygens (including phenoxy) is 1. The van der Waals surface area contributed by atoms with Gasteiger partial charge in [-0.2, -0.15) is 4.68 Å². The number of carbonyl (C=O) groups excluding carboxylic acids is 1. The lowest BCUT2D eigenvalue weighted by Gasteiger charge is -2.22. The number of benzene rings is 2. The van der Waals surface area contributed by atoms with Crippen molar-refractivity contribution in [3.05, 3.63) is 65.2 Å². The summed E-state index contributed by atoms with van der Waals surface area (Å²) < 4.78 is 6.87. The molecular formula is C21H25N5O2S. The highest BCUT2D eigenvalue weighted by molar-refractivity contribution is 7.99. The van der Waals surface area contributed by atoms with E-state index in [4.69, 9.17) is 4.74 Å². The summed E-state index contributed by atoms with van der Waals surface area (Å²) in [6, 6.07) is 16.0. The maximum atomic E-state index is 12.9. The van der Waals surface area contributed by atoms with Crippen molar-refractivity contribution < 1.29 is 9.53 Å². The van der Waals surface area contributed by atoms with Crippen LogP contribution in [0, 0.1) is 13.8 Å². The summed E-state index contributed by atoms with van der Waals surface area (Å²) in [5.41, 5.74) is 4.28. The third-order valence-corrected chi connectivity index (χ3v) is 5.61. The molecule has 152 valence electrons. The third kappa shape index (κ3) is 5.42. The third-order valence-electron chi connectivity index (χ3n) is 4.70. The second kappa shape index (κ2) is 10.2. The molecule has 0 N–H and O–H groups in total. The Morgan fingerprint density at radius 1 is 1.14 bits per heavy atom. The Morgan fingerprint density at radius 2 is 1.93 bits per heavy atom. The van der Waals surface area contributed by atoms with Crippen LogP contribution in [0.2, 0.25) is 0 Å². The average molecular weight is 412 g/mol. The highest BCUT2D eigenvalue weighted by Gasteiger charge is 2.18. The van der Waals surface area contributed by atoms with Gasteiger partial charge in [0.05, 0.1) is 18.0 Å². The van der Waals surface area contributed by atoms with Crippen LogP contribution in [0.4, 0.5) is 0 Å². The first-order valence-electron chi connectivity index (χ1n) is 9.38. The fourth-order valence-corrected chi connectivity index (χ4v) is 3.69. The van der Waals surface area contributed by atoms with Crippen LogP contribution in [-0.2, 0) is 16.1 Å². The van der Waals surface area contributed by atoms with E-state index >= 15 is 0 Å². The highest BCUT2D eigenvalue weighted by Crippen LogP contribution is 2.22. The van der Waals surface area contributed by atoms with Crippen molar-refractivity contribution in [2.45, 2.75) is 25.5 Å². The number of thioether (sulfide) groups is 1. The first-order valence-corrected chi connectivity index (χ1v) is 10.4. The Bertz CT molecular complexity index is 945. The number of methoxy groups -OCH3 is 1. The lowest BCUT2D eigenvalue weighted by Crippen LogP contribution is -2.34. The minimum atomic E-state index is 0.0198. The van der Waals surface area contributed by atoms with Gasteiger partial charge in [0.25, 0.3) is 0 Å². The molecule has 0 saturated heterocycles. The van der Waals surface area contributed by atoms with Gasteiger partial charge in [0, 0.05) is 20.2 Å². The predicted molar refractivity (Wildman–Crippen MR) is 113 cm³/mol. The molecule has 1 amide bonds. The summed E-state index contributed by atoms with van der Waals surface area (Å²) in [5, 5.41) is 12.6. The highest BCUT2D eigenvalue weighted by atomic mass is 32.2. The number of aromatic nitrogens is 4. The zero-order valence-corrected chi connectivity index (χ0v) is 17.7. The van der Waals surface area contributed by atoms with Crippen LogP contribution in [0.15, 0.2) is 53.7 Å². The molecule has 2 aromatic carbocycles. The first-order chi connectivity index (χ1) is 14.1. The van der Waals surface area contributed by atoms with Crippen LogP contribution < -0.4 is 0 Å². The van der Waals surface area contributed by atoms with E-state index < -0.39 is 0 Å². The number of amides is 1. The molecule has 3 aromatic rings. The van der Waals surface area contributed by atoms with Gasteiger partial charge in [-0.15, -0.1) is 5.10 Å². The molecule has 1 heterocycles. The molecule has 8 heteroatoms. The molecule has 0 aliphatic carbocycles. The Labute approximate surface area is 175 Å². The van der Waals surface area contributed by atoms with Gasteiger partial charge in [-0.05, 0) is 47.0 Å². The first kappa shape index (κ1) is 21.0. The van der Waals surface area contributed by atoms with Crippen LogP contribution in [0.3, 0.4) is 0 Å². The molecule has 7 nitrogen and oxygen atoms in total. The van der Waals surface area contributed by atoms with Crippen molar-refractivity contribution in [3.8, 4) is 5.69 Å². The largest absolute Gasteiger partial charge is 0.383 e. The van der Waals surface area contributed by atoms with Gasteiger partial charge >= 0.3 is 0 Å². The fourth-order valence-electron chi connectivity index (χ4n) is 2.90. The molecule has 29 heavy (non-hydrogen) atoms. The van der Waals surface area contributed by atoms with E-state index in [0.717, 1.165) is 16.8 Å². The number of carbonyl (C=O) groups is 1. The van der Waals surface area contributed by atoms with Crippen LogP contribution in [0.25, 0.3) is 5.69 Å². The van der Waals surface area contributed by atoms with E-state index in [9.17, 15) is 4.79 Å². The number of hydrogen-bond donors (Lipinski definition) is 0. The normalized spacial score (nSPS) is 10.9. The van der Waals surface area contributed by atoms with Gasteiger partial charge in [-0.3, -0.25) is 4.79 Å². The second-order valence-corrected chi connectivity index (χ2v) is 7.62. The van der Waals surface area contributed by atoms with Gasteiger partial charge in [0.1, 0.15) is 0 Å². The molecule has 0 atom stereocenters. The van der Waals surface area contributed by atoms with Crippen LogP contribution >= 0.6 is 11.8 Å². The zero-order chi connectivity index (χ0) is 20.6.